The molecule has 0 aromatic carbocycles. The molecule has 2 N–H and O–H groups in total. The van der Waals surface area contributed by atoms with Crippen molar-refractivity contribution in [2.75, 3.05) is 13.2 Å². The minimum Gasteiger partial charge on any atom is -0.378 e. The molecular weight excluding hydrogens is 181 g/mol. The van der Waals surface area contributed by atoms with Crippen molar-refractivity contribution in [1.82, 2.24) is 0 Å². The molecule has 0 amide bonds. The van der Waals surface area contributed by atoms with Gasteiger partial charge < -0.3 is 10.5 Å². The predicted octanol–water partition coefficient (Wildman–Crippen LogP) is 2.41. The summed E-state index contributed by atoms with van der Waals surface area (Å²) < 4.78 is 19.2. The minimum atomic E-state index is -1.14. The molecule has 0 bridgehead atoms. The predicted molar refractivity (Wildman–Crippen MR) is 56.0 cm³/mol. The largest absolute Gasteiger partial charge is 0.378 e. The molecule has 0 saturated carbocycles. The number of hydrogen-bond acceptors (Lipinski definition) is 2. The van der Waals surface area contributed by atoms with E-state index in [1.807, 2.05) is 6.92 Å². The first-order valence-electron chi connectivity index (χ1n) is 5.71. The van der Waals surface area contributed by atoms with Gasteiger partial charge in [-0.3, -0.25) is 0 Å². The third-order valence-corrected chi connectivity index (χ3v) is 3.17. The van der Waals surface area contributed by atoms with Crippen molar-refractivity contribution >= 4 is 0 Å². The molecule has 0 radical (unpaired) electrons. The number of ether oxygens (including phenoxy) is 1. The molecule has 1 saturated heterocycles. The van der Waals surface area contributed by atoms with Gasteiger partial charge >= 0.3 is 0 Å². The highest BCUT2D eigenvalue weighted by atomic mass is 19.1. The van der Waals surface area contributed by atoms with E-state index in [4.69, 9.17) is 10.5 Å². The molecule has 3 heteroatoms. The second-order valence-corrected chi connectivity index (χ2v) is 4.24. The maximum absolute atomic E-state index is 13.8. The molecule has 1 fully saturated rings. The normalized spacial score (nSPS) is 26.4. The van der Waals surface area contributed by atoms with Crippen LogP contribution in [0.5, 0.6) is 0 Å². The van der Waals surface area contributed by atoms with Crippen LogP contribution in [0.3, 0.4) is 0 Å². The van der Waals surface area contributed by atoms with Crippen molar-refractivity contribution in [2.24, 2.45) is 5.73 Å². The lowest BCUT2D eigenvalue weighted by Gasteiger charge is -2.22. The van der Waals surface area contributed by atoms with E-state index >= 15 is 0 Å². The summed E-state index contributed by atoms with van der Waals surface area (Å²) in [7, 11) is 0. The number of hydrogen-bond donors (Lipinski definition) is 1. The first-order valence-corrected chi connectivity index (χ1v) is 5.71. The molecule has 1 heterocycles. The van der Waals surface area contributed by atoms with Crippen LogP contribution in [0, 0.1) is 0 Å². The Labute approximate surface area is 86.0 Å². The van der Waals surface area contributed by atoms with Crippen LogP contribution in [-0.4, -0.2) is 24.9 Å². The van der Waals surface area contributed by atoms with E-state index in [0.717, 1.165) is 32.3 Å². The van der Waals surface area contributed by atoms with Crippen molar-refractivity contribution in [2.45, 2.75) is 57.2 Å². The highest BCUT2D eigenvalue weighted by Crippen LogP contribution is 2.25. The van der Waals surface area contributed by atoms with Crippen molar-refractivity contribution in [3.8, 4) is 0 Å². The van der Waals surface area contributed by atoms with Gasteiger partial charge in [0.2, 0.25) is 0 Å². The smallest absolute Gasteiger partial charge is 0.122 e. The maximum Gasteiger partial charge on any atom is 0.122 e. The van der Waals surface area contributed by atoms with Crippen molar-refractivity contribution < 1.29 is 9.13 Å². The average molecular weight is 203 g/mol. The van der Waals surface area contributed by atoms with Crippen molar-refractivity contribution in [1.29, 1.82) is 0 Å². The number of nitrogens with two attached hydrogens (primary N) is 1. The summed E-state index contributed by atoms with van der Waals surface area (Å²) in [6.45, 7) is 2.89. The SMILES string of the molecule is CCC(F)(CN)CCCC1CCCO1. The van der Waals surface area contributed by atoms with Gasteiger partial charge in [0.1, 0.15) is 5.67 Å². The molecule has 2 nitrogen and oxygen atoms in total. The summed E-state index contributed by atoms with van der Waals surface area (Å²) >= 11 is 0. The Bertz CT molecular complexity index is 153. The Hall–Kier alpha value is -0.150. The highest BCUT2D eigenvalue weighted by molar-refractivity contribution is 4.79. The van der Waals surface area contributed by atoms with Gasteiger partial charge in [0.05, 0.1) is 6.10 Å². The molecule has 14 heavy (non-hydrogen) atoms. The Morgan fingerprint density at radius 1 is 1.57 bits per heavy atom. The number of halogens is 1. The maximum atomic E-state index is 13.8. The third kappa shape index (κ3) is 3.54. The first kappa shape index (κ1) is 11.9. The standard InChI is InChI=1S/C11H22FNO/c1-2-11(12,9-13)7-3-5-10-6-4-8-14-10/h10H,2-9,13H2,1H3. The van der Waals surface area contributed by atoms with E-state index in [0.29, 0.717) is 18.9 Å². The zero-order valence-corrected chi connectivity index (χ0v) is 9.10. The van der Waals surface area contributed by atoms with Crippen molar-refractivity contribution in [3.63, 3.8) is 0 Å². The van der Waals surface area contributed by atoms with E-state index in [-0.39, 0.29) is 6.54 Å². The highest BCUT2D eigenvalue weighted by Gasteiger charge is 2.25. The summed E-state index contributed by atoms with van der Waals surface area (Å²) in [5, 5.41) is 0. The topological polar surface area (TPSA) is 35.2 Å². The average Bonchev–Trinajstić information content (AvgIpc) is 2.70. The van der Waals surface area contributed by atoms with Gasteiger partial charge in [-0.15, -0.1) is 0 Å². The molecule has 0 aromatic rings. The Kier molecular flexibility index (Phi) is 4.82. The van der Waals surface area contributed by atoms with Gasteiger partial charge in [-0.25, -0.2) is 4.39 Å². The zero-order valence-electron chi connectivity index (χ0n) is 9.10. The Balaban J connectivity index is 2.12. The molecule has 1 aliphatic rings. The summed E-state index contributed by atoms with van der Waals surface area (Å²) in [5.74, 6) is 0. The molecule has 0 spiro atoms. The summed E-state index contributed by atoms with van der Waals surface area (Å²) in [6.07, 6.45) is 5.69. The number of rotatable bonds is 6. The van der Waals surface area contributed by atoms with Crippen LogP contribution in [0.4, 0.5) is 4.39 Å². The summed E-state index contributed by atoms with van der Waals surface area (Å²) in [5.41, 5.74) is 4.27. The van der Waals surface area contributed by atoms with Gasteiger partial charge in [0.25, 0.3) is 0 Å². The van der Waals surface area contributed by atoms with Crippen LogP contribution in [-0.2, 0) is 4.74 Å². The second-order valence-electron chi connectivity index (χ2n) is 4.24. The fourth-order valence-corrected chi connectivity index (χ4v) is 1.94. The van der Waals surface area contributed by atoms with Gasteiger partial charge in [-0.1, -0.05) is 6.92 Å². The fourth-order valence-electron chi connectivity index (χ4n) is 1.94. The monoisotopic (exact) mass is 203 g/mol. The van der Waals surface area contributed by atoms with Crippen LogP contribution >= 0.6 is 0 Å². The van der Waals surface area contributed by atoms with Crippen LogP contribution in [0.15, 0.2) is 0 Å². The van der Waals surface area contributed by atoms with E-state index < -0.39 is 5.67 Å². The number of alkyl halides is 1. The second kappa shape index (κ2) is 5.66. The quantitative estimate of drug-likeness (QED) is 0.719. The Morgan fingerprint density at radius 2 is 2.36 bits per heavy atom. The van der Waals surface area contributed by atoms with Crippen LogP contribution in [0.1, 0.15) is 45.4 Å². The van der Waals surface area contributed by atoms with E-state index in [1.165, 1.54) is 0 Å². The molecule has 0 aromatic heterocycles. The van der Waals surface area contributed by atoms with E-state index in [9.17, 15) is 4.39 Å². The van der Waals surface area contributed by atoms with E-state index in [2.05, 4.69) is 0 Å². The van der Waals surface area contributed by atoms with Gasteiger partial charge in [0, 0.05) is 13.2 Å². The molecular formula is C11H22FNO. The molecule has 2 unspecified atom stereocenters. The van der Waals surface area contributed by atoms with Gasteiger partial charge in [-0.05, 0) is 38.5 Å². The lowest BCUT2D eigenvalue weighted by Crippen LogP contribution is -2.32. The van der Waals surface area contributed by atoms with Gasteiger partial charge in [-0.2, -0.15) is 0 Å². The van der Waals surface area contributed by atoms with Gasteiger partial charge in [0.15, 0.2) is 0 Å². The molecule has 1 aliphatic heterocycles. The molecule has 0 aliphatic carbocycles. The van der Waals surface area contributed by atoms with Crippen LogP contribution < -0.4 is 5.73 Å². The zero-order chi connectivity index (χ0) is 10.4. The lowest BCUT2D eigenvalue weighted by atomic mass is 9.94. The van der Waals surface area contributed by atoms with Crippen LogP contribution in [0.2, 0.25) is 0 Å². The summed E-state index contributed by atoms with van der Waals surface area (Å²) in [6, 6.07) is 0. The molecule has 1 rings (SSSR count). The third-order valence-electron chi connectivity index (χ3n) is 3.17. The van der Waals surface area contributed by atoms with Crippen molar-refractivity contribution in [3.05, 3.63) is 0 Å². The summed E-state index contributed by atoms with van der Waals surface area (Å²) in [4.78, 5) is 0. The fraction of sp³-hybridized carbons (Fsp3) is 1.00. The molecule has 2 atom stereocenters. The molecule has 84 valence electrons. The van der Waals surface area contributed by atoms with Crippen LogP contribution in [0.25, 0.3) is 0 Å². The minimum absolute atomic E-state index is 0.148. The first-order chi connectivity index (χ1) is 6.70. The lowest BCUT2D eigenvalue weighted by molar-refractivity contribution is 0.0908. The van der Waals surface area contributed by atoms with E-state index in [1.54, 1.807) is 0 Å². The Morgan fingerprint density at radius 3 is 2.86 bits per heavy atom.